The van der Waals surface area contributed by atoms with Gasteiger partial charge in [0.1, 0.15) is 5.56 Å². The SMILES string of the molecule is CCc1cc(C(=O)O)c(=O)[nH]c1-c1ccc(N2CC[C@H](N)C2)cc1. The smallest absolute Gasteiger partial charge is 0.341 e. The molecule has 2 aromatic rings. The fourth-order valence-corrected chi connectivity index (χ4v) is 3.13. The summed E-state index contributed by atoms with van der Waals surface area (Å²) in [5.74, 6) is -1.21. The number of nitrogens with one attached hydrogen (secondary N) is 1. The Labute approximate surface area is 139 Å². The van der Waals surface area contributed by atoms with E-state index in [0.717, 1.165) is 36.3 Å². The lowest BCUT2D eigenvalue weighted by molar-refractivity contribution is 0.0695. The molecule has 0 spiro atoms. The first-order valence-electron chi connectivity index (χ1n) is 8.10. The monoisotopic (exact) mass is 327 g/mol. The fraction of sp³-hybridized carbons (Fsp3) is 0.333. The second-order valence-electron chi connectivity index (χ2n) is 6.11. The Hall–Kier alpha value is -2.60. The van der Waals surface area contributed by atoms with Gasteiger partial charge < -0.3 is 20.7 Å². The maximum atomic E-state index is 12.0. The molecule has 3 rings (SSSR count). The summed E-state index contributed by atoms with van der Waals surface area (Å²) < 4.78 is 0. The molecule has 0 bridgehead atoms. The molecule has 1 aromatic carbocycles. The highest BCUT2D eigenvalue weighted by molar-refractivity contribution is 5.88. The lowest BCUT2D eigenvalue weighted by Crippen LogP contribution is -2.26. The number of hydrogen-bond donors (Lipinski definition) is 3. The Morgan fingerprint density at radius 3 is 2.62 bits per heavy atom. The molecule has 0 unspecified atom stereocenters. The zero-order chi connectivity index (χ0) is 17.3. The van der Waals surface area contributed by atoms with E-state index in [4.69, 9.17) is 10.8 Å². The number of carboxylic acids is 1. The summed E-state index contributed by atoms with van der Waals surface area (Å²) in [5, 5.41) is 9.09. The highest BCUT2D eigenvalue weighted by Crippen LogP contribution is 2.26. The van der Waals surface area contributed by atoms with Gasteiger partial charge in [-0.25, -0.2) is 4.79 Å². The Morgan fingerprint density at radius 2 is 2.08 bits per heavy atom. The molecule has 0 radical (unpaired) electrons. The summed E-state index contributed by atoms with van der Waals surface area (Å²) >= 11 is 0. The minimum Gasteiger partial charge on any atom is -0.477 e. The molecular weight excluding hydrogens is 306 g/mol. The summed E-state index contributed by atoms with van der Waals surface area (Å²) in [7, 11) is 0. The number of anilines is 1. The van der Waals surface area contributed by atoms with E-state index in [9.17, 15) is 9.59 Å². The van der Waals surface area contributed by atoms with Gasteiger partial charge in [0.05, 0.1) is 5.69 Å². The van der Waals surface area contributed by atoms with E-state index in [1.54, 1.807) is 0 Å². The number of aromatic carboxylic acids is 1. The van der Waals surface area contributed by atoms with Gasteiger partial charge in [0, 0.05) is 24.8 Å². The molecule has 0 saturated carbocycles. The molecule has 0 amide bonds. The standard InChI is InChI=1S/C18H21N3O3/c1-2-11-9-15(18(23)24)17(22)20-16(11)12-3-5-14(6-4-12)21-8-7-13(19)10-21/h3-6,9,13H,2,7-8,10,19H2,1H3,(H,20,22)(H,23,24)/t13-/m0/s1. The first-order chi connectivity index (χ1) is 11.5. The molecule has 2 heterocycles. The van der Waals surface area contributed by atoms with E-state index in [1.807, 2.05) is 31.2 Å². The molecule has 4 N–H and O–H groups in total. The van der Waals surface area contributed by atoms with Crippen molar-refractivity contribution in [2.24, 2.45) is 5.73 Å². The van der Waals surface area contributed by atoms with E-state index < -0.39 is 11.5 Å². The van der Waals surface area contributed by atoms with E-state index in [0.29, 0.717) is 12.1 Å². The van der Waals surface area contributed by atoms with Crippen LogP contribution in [0.3, 0.4) is 0 Å². The average Bonchev–Trinajstić information content (AvgIpc) is 3.01. The molecule has 1 atom stereocenters. The number of carbonyl (C=O) groups is 1. The highest BCUT2D eigenvalue weighted by Gasteiger charge is 2.19. The van der Waals surface area contributed by atoms with Gasteiger partial charge in [0.15, 0.2) is 0 Å². The summed E-state index contributed by atoms with van der Waals surface area (Å²) in [6.07, 6.45) is 1.63. The zero-order valence-corrected chi connectivity index (χ0v) is 13.6. The number of aromatic nitrogens is 1. The maximum absolute atomic E-state index is 12.0. The lowest BCUT2D eigenvalue weighted by atomic mass is 10.0. The number of aryl methyl sites for hydroxylation is 1. The third-order valence-electron chi connectivity index (χ3n) is 4.48. The van der Waals surface area contributed by atoms with Crippen molar-refractivity contribution >= 4 is 11.7 Å². The van der Waals surface area contributed by atoms with Crippen LogP contribution < -0.4 is 16.2 Å². The molecule has 24 heavy (non-hydrogen) atoms. The number of benzene rings is 1. The van der Waals surface area contributed by atoms with E-state index in [2.05, 4.69) is 9.88 Å². The second kappa shape index (κ2) is 6.49. The number of nitrogens with zero attached hydrogens (tertiary/aromatic N) is 1. The number of H-pyrrole nitrogens is 1. The number of aromatic amines is 1. The molecule has 0 aliphatic carbocycles. The van der Waals surface area contributed by atoms with Gasteiger partial charge in [0.2, 0.25) is 0 Å². The van der Waals surface area contributed by atoms with E-state index >= 15 is 0 Å². The minimum atomic E-state index is -1.21. The van der Waals surface area contributed by atoms with E-state index in [1.165, 1.54) is 6.07 Å². The van der Waals surface area contributed by atoms with Crippen molar-refractivity contribution in [3.8, 4) is 11.3 Å². The minimum absolute atomic E-state index is 0.219. The van der Waals surface area contributed by atoms with Crippen molar-refractivity contribution in [1.29, 1.82) is 0 Å². The van der Waals surface area contributed by atoms with Crippen molar-refractivity contribution in [2.75, 3.05) is 18.0 Å². The van der Waals surface area contributed by atoms with Crippen LogP contribution in [-0.4, -0.2) is 35.2 Å². The quantitative estimate of drug-likeness (QED) is 0.796. The molecular formula is C18H21N3O3. The Morgan fingerprint density at radius 1 is 1.38 bits per heavy atom. The molecule has 1 aliphatic heterocycles. The Balaban J connectivity index is 1.95. The van der Waals surface area contributed by atoms with E-state index in [-0.39, 0.29) is 11.6 Å². The number of carboxylic acid groups (broad SMARTS) is 1. The molecule has 6 nitrogen and oxygen atoms in total. The van der Waals surface area contributed by atoms with Crippen molar-refractivity contribution in [1.82, 2.24) is 4.98 Å². The molecule has 1 aromatic heterocycles. The predicted molar refractivity (Wildman–Crippen MR) is 93.6 cm³/mol. The van der Waals surface area contributed by atoms with Gasteiger partial charge in [-0.05, 0) is 42.2 Å². The highest BCUT2D eigenvalue weighted by atomic mass is 16.4. The van der Waals surface area contributed by atoms with Gasteiger partial charge >= 0.3 is 5.97 Å². The van der Waals surface area contributed by atoms with Gasteiger partial charge in [-0.2, -0.15) is 0 Å². The summed E-state index contributed by atoms with van der Waals surface area (Å²) in [6.45, 7) is 3.73. The van der Waals surface area contributed by atoms with Crippen molar-refractivity contribution in [3.05, 3.63) is 51.8 Å². The lowest BCUT2D eigenvalue weighted by Gasteiger charge is -2.18. The number of rotatable bonds is 4. The molecule has 6 heteroatoms. The van der Waals surface area contributed by atoms with Crippen LogP contribution in [0, 0.1) is 0 Å². The van der Waals surface area contributed by atoms with Gasteiger partial charge in [-0.3, -0.25) is 4.79 Å². The van der Waals surface area contributed by atoms with Crippen LogP contribution in [0.1, 0.15) is 29.3 Å². The topological polar surface area (TPSA) is 99.4 Å². The van der Waals surface area contributed by atoms with Crippen molar-refractivity contribution in [3.63, 3.8) is 0 Å². The summed E-state index contributed by atoms with van der Waals surface area (Å²) in [5.41, 5.74) is 8.60. The van der Waals surface area contributed by atoms with Crippen LogP contribution in [0.4, 0.5) is 5.69 Å². The second-order valence-corrected chi connectivity index (χ2v) is 6.11. The first kappa shape index (κ1) is 16.3. The van der Waals surface area contributed by atoms with Crippen molar-refractivity contribution in [2.45, 2.75) is 25.8 Å². The zero-order valence-electron chi connectivity index (χ0n) is 13.6. The number of pyridine rings is 1. The normalized spacial score (nSPS) is 17.2. The van der Waals surface area contributed by atoms with Crippen molar-refractivity contribution < 1.29 is 9.90 Å². The Bertz CT molecular complexity index is 811. The summed E-state index contributed by atoms with van der Waals surface area (Å²) in [6, 6.07) is 9.60. The molecule has 1 fully saturated rings. The van der Waals surface area contributed by atoms with Crippen LogP contribution >= 0.6 is 0 Å². The fourth-order valence-electron chi connectivity index (χ4n) is 3.13. The van der Waals surface area contributed by atoms with Gasteiger partial charge in [0.25, 0.3) is 5.56 Å². The predicted octanol–water partition coefficient (Wildman–Crippen LogP) is 1.84. The number of nitrogens with two attached hydrogens (primary N) is 1. The van der Waals surface area contributed by atoms with Crippen LogP contribution in [0.15, 0.2) is 35.1 Å². The number of hydrogen-bond acceptors (Lipinski definition) is 4. The van der Waals surface area contributed by atoms with Crippen LogP contribution in [0.5, 0.6) is 0 Å². The third-order valence-corrected chi connectivity index (χ3v) is 4.48. The van der Waals surface area contributed by atoms with Crippen LogP contribution in [-0.2, 0) is 6.42 Å². The average molecular weight is 327 g/mol. The molecule has 1 saturated heterocycles. The third kappa shape index (κ3) is 3.05. The molecule has 126 valence electrons. The summed E-state index contributed by atoms with van der Waals surface area (Å²) in [4.78, 5) is 28.1. The van der Waals surface area contributed by atoms with Crippen LogP contribution in [0.2, 0.25) is 0 Å². The maximum Gasteiger partial charge on any atom is 0.341 e. The van der Waals surface area contributed by atoms with Gasteiger partial charge in [-0.1, -0.05) is 19.1 Å². The Kier molecular flexibility index (Phi) is 4.40. The first-order valence-corrected chi connectivity index (χ1v) is 8.10. The molecule has 1 aliphatic rings. The van der Waals surface area contributed by atoms with Crippen LogP contribution in [0.25, 0.3) is 11.3 Å². The van der Waals surface area contributed by atoms with Gasteiger partial charge in [-0.15, -0.1) is 0 Å². The largest absolute Gasteiger partial charge is 0.477 e.